The highest BCUT2D eigenvalue weighted by molar-refractivity contribution is 5.46. The number of carbonyl (C=O) groups excluding carboxylic acids is 1. The lowest BCUT2D eigenvalue weighted by molar-refractivity contribution is -0.118. The van der Waals surface area contributed by atoms with Crippen LogP contribution in [-0.4, -0.2) is 73.9 Å². The number of carbonyl (C=O) groups is 1. The van der Waals surface area contributed by atoms with Crippen LogP contribution in [0.2, 0.25) is 0 Å². The maximum Gasteiger partial charge on any atom is 0.209 e. The number of hydrogen-bond donors (Lipinski definition) is 1. The Bertz CT molecular complexity index is 282. The van der Waals surface area contributed by atoms with Gasteiger partial charge in [-0.2, -0.15) is 0 Å². The van der Waals surface area contributed by atoms with Gasteiger partial charge in [-0.3, -0.25) is 9.69 Å². The molecule has 3 aliphatic heterocycles. The molecular weight excluding hydrogens is 280 g/mol. The van der Waals surface area contributed by atoms with E-state index < -0.39 is 0 Å². The zero-order valence-electron chi connectivity index (χ0n) is 14.4. The average molecular weight is 314 g/mol. The van der Waals surface area contributed by atoms with E-state index in [1.807, 2.05) is 4.90 Å². The molecule has 22 heavy (non-hydrogen) atoms. The van der Waals surface area contributed by atoms with Crippen LogP contribution in [0.4, 0.5) is 0 Å². The summed E-state index contributed by atoms with van der Waals surface area (Å²) in [5.41, 5.74) is 0.236. The fourth-order valence-electron chi connectivity index (χ4n) is 3.68. The average Bonchev–Trinajstić information content (AvgIpc) is 2.99. The van der Waals surface area contributed by atoms with Crippen LogP contribution in [0.3, 0.4) is 0 Å². The monoisotopic (exact) mass is 314 g/mol. The van der Waals surface area contributed by atoms with Gasteiger partial charge in [0.1, 0.15) is 0 Å². The number of fused-ring (bicyclic) bond motifs is 1. The number of amides is 1. The van der Waals surface area contributed by atoms with Gasteiger partial charge in [0.05, 0.1) is 6.61 Å². The summed E-state index contributed by atoms with van der Waals surface area (Å²) in [5.74, 6) is 0. The second kappa shape index (κ2) is 11.0. The Morgan fingerprint density at radius 3 is 1.82 bits per heavy atom. The van der Waals surface area contributed by atoms with Crippen LogP contribution in [0.25, 0.3) is 0 Å². The van der Waals surface area contributed by atoms with Crippen molar-refractivity contribution in [1.29, 1.82) is 0 Å². The molecule has 0 radical (unpaired) electrons. The predicted octanol–water partition coefficient (Wildman–Crippen LogP) is 1.89. The van der Waals surface area contributed by atoms with Gasteiger partial charge in [-0.25, -0.2) is 0 Å². The molecule has 3 aliphatic rings. The van der Waals surface area contributed by atoms with E-state index in [1.165, 1.54) is 64.5 Å². The largest absolute Gasteiger partial charge is 0.394 e. The zero-order chi connectivity index (χ0) is 16.3. The Balaban J connectivity index is 0.000000189. The first kappa shape index (κ1) is 19.4. The van der Waals surface area contributed by atoms with E-state index in [2.05, 4.69) is 9.64 Å². The third-order valence-corrected chi connectivity index (χ3v) is 4.90. The molecule has 0 atom stereocenters. The first-order chi connectivity index (χ1) is 10.7. The number of aliphatic hydroxyl groups is 1. The first-order valence-corrected chi connectivity index (χ1v) is 8.68. The van der Waals surface area contributed by atoms with Crippen LogP contribution < -0.4 is 0 Å². The second-order valence-electron chi connectivity index (χ2n) is 6.54. The highest BCUT2D eigenvalue weighted by Crippen LogP contribution is 2.37. The predicted molar refractivity (Wildman–Crippen MR) is 88.9 cm³/mol. The molecule has 1 N–H and O–H groups in total. The molecule has 0 unspecified atom stereocenters. The Hall–Kier alpha value is -0.650. The molecule has 3 rings (SSSR count). The number of methoxy groups -OCH3 is 1. The maximum atomic E-state index is 10.2. The molecular formula is C17H34N2O3. The molecule has 5 nitrogen and oxygen atoms in total. The maximum absolute atomic E-state index is 10.2. The van der Waals surface area contributed by atoms with Crippen LogP contribution in [-0.2, 0) is 9.53 Å². The Kier molecular flexibility index (Phi) is 9.68. The smallest absolute Gasteiger partial charge is 0.209 e. The number of rotatable bonds is 2. The van der Waals surface area contributed by atoms with Crippen molar-refractivity contribution in [2.24, 2.45) is 0 Å². The zero-order valence-corrected chi connectivity index (χ0v) is 14.4. The van der Waals surface area contributed by atoms with Gasteiger partial charge in [0.25, 0.3) is 0 Å². The van der Waals surface area contributed by atoms with Crippen molar-refractivity contribution in [1.82, 2.24) is 9.80 Å². The molecule has 5 heteroatoms. The molecule has 3 saturated heterocycles. The summed E-state index contributed by atoms with van der Waals surface area (Å²) in [6.07, 6.45) is 11.0. The summed E-state index contributed by atoms with van der Waals surface area (Å²) in [6, 6.07) is 0. The lowest BCUT2D eigenvalue weighted by Gasteiger charge is -2.29. The fraction of sp³-hybridized carbons (Fsp3) is 0.941. The van der Waals surface area contributed by atoms with Crippen molar-refractivity contribution >= 4 is 6.41 Å². The van der Waals surface area contributed by atoms with Crippen LogP contribution in [0.5, 0.6) is 0 Å². The van der Waals surface area contributed by atoms with Crippen molar-refractivity contribution in [2.45, 2.75) is 56.9 Å². The van der Waals surface area contributed by atoms with Gasteiger partial charge in [-0.1, -0.05) is 12.8 Å². The summed E-state index contributed by atoms with van der Waals surface area (Å²) in [7, 11) is 3.25. The van der Waals surface area contributed by atoms with Crippen molar-refractivity contribution in [3.63, 3.8) is 0 Å². The van der Waals surface area contributed by atoms with Crippen LogP contribution >= 0.6 is 0 Å². The third kappa shape index (κ3) is 5.86. The molecule has 130 valence electrons. The highest BCUT2D eigenvalue weighted by Gasteiger charge is 2.43. The van der Waals surface area contributed by atoms with Gasteiger partial charge < -0.3 is 14.7 Å². The highest BCUT2D eigenvalue weighted by atomic mass is 16.4. The Morgan fingerprint density at radius 1 is 0.955 bits per heavy atom. The summed E-state index contributed by atoms with van der Waals surface area (Å²) in [5, 5.41) is 9.19. The van der Waals surface area contributed by atoms with Gasteiger partial charge in [-0.05, 0) is 51.6 Å². The van der Waals surface area contributed by atoms with Crippen molar-refractivity contribution in [2.75, 3.05) is 47.0 Å². The normalized spacial score (nSPS) is 23.5. The van der Waals surface area contributed by atoms with Crippen LogP contribution in [0, 0.1) is 0 Å². The standard InChI is InChI=1S/C8H15NO.C7H13NO.C2H6O/c10-7-8-3-1-5-9(8)6-2-4-8;9-7-8-5-3-1-2-4-6-8;1-3-2/h10H,1-7H2;7H,1-6H2;1-2H3. The number of ether oxygens (including phenoxy) is 1. The van der Waals surface area contributed by atoms with Crippen molar-refractivity contribution < 1.29 is 14.6 Å². The van der Waals surface area contributed by atoms with Crippen LogP contribution in [0.1, 0.15) is 51.4 Å². The SMILES string of the molecule is COC.O=CN1CCCCCC1.OCC12CCCN1CCC2. The van der Waals surface area contributed by atoms with Gasteiger partial charge in [0.15, 0.2) is 0 Å². The van der Waals surface area contributed by atoms with E-state index in [9.17, 15) is 9.90 Å². The van der Waals surface area contributed by atoms with Gasteiger partial charge in [0, 0.05) is 32.8 Å². The summed E-state index contributed by atoms with van der Waals surface area (Å²) < 4.78 is 4.25. The van der Waals surface area contributed by atoms with E-state index in [4.69, 9.17) is 0 Å². The minimum absolute atomic E-state index is 0.236. The first-order valence-electron chi connectivity index (χ1n) is 8.68. The van der Waals surface area contributed by atoms with Crippen molar-refractivity contribution in [3.05, 3.63) is 0 Å². The molecule has 3 heterocycles. The fourth-order valence-corrected chi connectivity index (χ4v) is 3.68. The lowest BCUT2D eigenvalue weighted by atomic mass is 9.96. The molecule has 0 aromatic carbocycles. The molecule has 0 saturated carbocycles. The second-order valence-corrected chi connectivity index (χ2v) is 6.54. The molecule has 3 fully saturated rings. The van der Waals surface area contributed by atoms with Crippen molar-refractivity contribution in [3.8, 4) is 0 Å². The molecule has 0 spiro atoms. The quantitative estimate of drug-likeness (QED) is 0.791. The van der Waals surface area contributed by atoms with E-state index in [0.29, 0.717) is 6.61 Å². The van der Waals surface area contributed by atoms with E-state index in [0.717, 1.165) is 19.5 Å². The minimum atomic E-state index is 0.236. The number of hydrogen-bond acceptors (Lipinski definition) is 4. The lowest BCUT2D eigenvalue weighted by Crippen LogP contribution is -2.41. The third-order valence-electron chi connectivity index (χ3n) is 4.90. The number of likely N-dealkylation sites (tertiary alicyclic amines) is 1. The Labute approximate surface area is 135 Å². The minimum Gasteiger partial charge on any atom is -0.394 e. The molecule has 0 aromatic heterocycles. The summed E-state index contributed by atoms with van der Waals surface area (Å²) in [4.78, 5) is 14.6. The molecule has 0 aromatic rings. The molecule has 0 bridgehead atoms. The van der Waals surface area contributed by atoms with E-state index in [1.54, 1.807) is 14.2 Å². The molecule has 0 aliphatic carbocycles. The van der Waals surface area contributed by atoms with Crippen LogP contribution in [0.15, 0.2) is 0 Å². The van der Waals surface area contributed by atoms with E-state index >= 15 is 0 Å². The topological polar surface area (TPSA) is 53.0 Å². The summed E-state index contributed by atoms with van der Waals surface area (Å²) in [6.45, 7) is 4.78. The number of nitrogens with zero attached hydrogens (tertiary/aromatic N) is 2. The van der Waals surface area contributed by atoms with E-state index in [-0.39, 0.29) is 5.54 Å². The van der Waals surface area contributed by atoms with Gasteiger partial charge in [-0.15, -0.1) is 0 Å². The number of aliphatic hydroxyl groups excluding tert-OH is 1. The summed E-state index contributed by atoms with van der Waals surface area (Å²) >= 11 is 0. The van der Waals surface area contributed by atoms with Gasteiger partial charge >= 0.3 is 0 Å². The van der Waals surface area contributed by atoms with Gasteiger partial charge in [0.2, 0.25) is 6.41 Å². The molecule has 1 amide bonds. The Morgan fingerprint density at radius 2 is 1.45 bits per heavy atom.